The van der Waals surface area contributed by atoms with Gasteiger partial charge in [0.05, 0.1) is 15.2 Å². The molecule has 1 amide bonds. The molecule has 4 nitrogen and oxygen atoms in total. The van der Waals surface area contributed by atoms with Crippen molar-refractivity contribution in [2.45, 2.75) is 93.5 Å². The summed E-state index contributed by atoms with van der Waals surface area (Å²) in [6.45, 7) is 3.04. The average Bonchev–Trinajstić information content (AvgIpc) is 2.65. The summed E-state index contributed by atoms with van der Waals surface area (Å²) in [6, 6.07) is 4.10. The van der Waals surface area contributed by atoms with E-state index in [1.807, 2.05) is 0 Å². The predicted octanol–water partition coefficient (Wildman–Crippen LogP) is 5.27. The van der Waals surface area contributed by atoms with E-state index in [-0.39, 0.29) is 23.3 Å². The van der Waals surface area contributed by atoms with Gasteiger partial charge in [-0.2, -0.15) is 13.2 Å². The van der Waals surface area contributed by atoms with E-state index in [1.54, 1.807) is 0 Å². The third-order valence-electron chi connectivity index (χ3n) is 5.60. The van der Waals surface area contributed by atoms with Gasteiger partial charge in [-0.15, -0.1) is 0 Å². The van der Waals surface area contributed by atoms with Crippen LogP contribution in [-0.2, 0) is 20.8 Å². The zero-order valence-electron chi connectivity index (χ0n) is 17.0. The van der Waals surface area contributed by atoms with Crippen LogP contribution in [0.15, 0.2) is 29.2 Å². The van der Waals surface area contributed by atoms with Crippen molar-refractivity contribution in [3.63, 3.8) is 0 Å². The number of sulfone groups is 1. The van der Waals surface area contributed by atoms with Gasteiger partial charge in [0.2, 0.25) is 5.91 Å². The van der Waals surface area contributed by atoms with Crippen molar-refractivity contribution >= 4 is 15.7 Å². The number of amides is 1. The van der Waals surface area contributed by atoms with Crippen LogP contribution in [-0.4, -0.2) is 25.1 Å². The number of alkyl halides is 3. The number of hydrogen-bond acceptors (Lipinski definition) is 3. The van der Waals surface area contributed by atoms with Crippen LogP contribution in [0.2, 0.25) is 0 Å². The molecule has 0 heterocycles. The molecule has 0 unspecified atom stereocenters. The first-order valence-corrected chi connectivity index (χ1v) is 11.6. The van der Waals surface area contributed by atoms with Crippen molar-refractivity contribution in [2.75, 3.05) is 0 Å². The maximum Gasteiger partial charge on any atom is 0.416 e. The van der Waals surface area contributed by atoms with Gasteiger partial charge in [-0.1, -0.05) is 31.7 Å². The lowest BCUT2D eigenvalue weighted by atomic mass is 9.95. The SMILES string of the molecule is CC(C)(CCCCC(=O)NC1CCCCC1)S(=O)(=O)c1cccc(C(F)(F)F)c1. The number of rotatable bonds is 8. The molecule has 164 valence electrons. The van der Waals surface area contributed by atoms with E-state index in [0.29, 0.717) is 25.3 Å². The largest absolute Gasteiger partial charge is 0.416 e. The lowest BCUT2D eigenvalue weighted by molar-refractivity contribution is -0.137. The quantitative estimate of drug-likeness (QED) is 0.568. The highest BCUT2D eigenvalue weighted by atomic mass is 32.2. The molecule has 1 N–H and O–H groups in total. The Morgan fingerprint density at radius 1 is 1.10 bits per heavy atom. The van der Waals surface area contributed by atoms with Crippen LogP contribution in [0.3, 0.4) is 0 Å². The van der Waals surface area contributed by atoms with Gasteiger partial charge in [0.1, 0.15) is 0 Å². The van der Waals surface area contributed by atoms with Crippen molar-refractivity contribution < 1.29 is 26.4 Å². The molecule has 0 spiro atoms. The Hall–Kier alpha value is -1.57. The number of carbonyl (C=O) groups is 1. The van der Waals surface area contributed by atoms with Crippen LogP contribution in [0.25, 0.3) is 0 Å². The molecule has 1 saturated carbocycles. The summed E-state index contributed by atoms with van der Waals surface area (Å²) in [7, 11) is -3.95. The van der Waals surface area contributed by atoms with Gasteiger partial charge in [0, 0.05) is 12.5 Å². The molecule has 0 bridgehead atoms. The average molecular weight is 434 g/mol. The first kappa shape index (κ1) is 23.7. The minimum atomic E-state index is -4.60. The fourth-order valence-corrected chi connectivity index (χ4v) is 5.27. The molecule has 0 radical (unpaired) electrons. The first-order valence-electron chi connectivity index (χ1n) is 10.1. The topological polar surface area (TPSA) is 63.2 Å². The lowest BCUT2D eigenvalue weighted by Crippen LogP contribution is -2.36. The highest BCUT2D eigenvalue weighted by Gasteiger charge is 2.37. The lowest BCUT2D eigenvalue weighted by Gasteiger charge is -2.25. The Balaban J connectivity index is 1.90. The van der Waals surface area contributed by atoms with Crippen molar-refractivity contribution in [1.82, 2.24) is 5.32 Å². The van der Waals surface area contributed by atoms with Crippen LogP contribution in [0.4, 0.5) is 13.2 Å². The summed E-state index contributed by atoms with van der Waals surface area (Å²) >= 11 is 0. The van der Waals surface area contributed by atoms with Gasteiger partial charge in [0.15, 0.2) is 9.84 Å². The smallest absolute Gasteiger partial charge is 0.353 e. The molecule has 2 rings (SSSR count). The van der Waals surface area contributed by atoms with Crippen molar-refractivity contribution in [1.29, 1.82) is 0 Å². The number of halogens is 3. The van der Waals surface area contributed by atoms with Gasteiger partial charge < -0.3 is 5.32 Å². The van der Waals surface area contributed by atoms with Crippen LogP contribution < -0.4 is 5.32 Å². The van der Waals surface area contributed by atoms with E-state index < -0.39 is 26.3 Å². The minimum Gasteiger partial charge on any atom is -0.353 e. The van der Waals surface area contributed by atoms with Crippen LogP contribution >= 0.6 is 0 Å². The fraction of sp³-hybridized carbons (Fsp3) is 0.667. The standard InChI is InChI=1S/C21H30F3NO3S/c1-20(2,14-7-6-13-19(26)25-17-10-4-3-5-11-17)29(27,28)18-12-8-9-16(15-18)21(22,23)24/h8-9,12,15,17H,3-7,10-11,13-14H2,1-2H3,(H,25,26). The maximum absolute atomic E-state index is 12.9. The Bertz CT molecular complexity index is 798. The van der Waals surface area contributed by atoms with Crippen molar-refractivity contribution in [3.05, 3.63) is 29.8 Å². The number of unbranched alkanes of at least 4 members (excludes halogenated alkanes) is 1. The number of benzene rings is 1. The Morgan fingerprint density at radius 3 is 2.38 bits per heavy atom. The number of carbonyl (C=O) groups excluding carboxylic acids is 1. The summed E-state index contributed by atoms with van der Waals surface area (Å²) in [5.41, 5.74) is -0.978. The normalized spacial score (nSPS) is 16.6. The summed E-state index contributed by atoms with van der Waals surface area (Å²) in [5.74, 6) is -0.0181. The first-order chi connectivity index (χ1) is 13.4. The molecule has 0 atom stereocenters. The molecule has 0 aromatic heterocycles. The molecular formula is C21H30F3NO3S. The van der Waals surface area contributed by atoms with E-state index in [4.69, 9.17) is 0 Å². The Morgan fingerprint density at radius 2 is 1.76 bits per heavy atom. The van der Waals surface area contributed by atoms with E-state index in [9.17, 15) is 26.4 Å². The molecule has 0 aliphatic heterocycles. The molecule has 1 aliphatic carbocycles. The molecule has 1 aliphatic rings. The van der Waals surface area contributed by atoms with E-state index in [0.717, 1.165) is 37.8 Å². The van der Waals surface area contributed by atoms with E-state index >= 15 is 0 Å². The van der Waals surface area contributed by atoms with Gasteiger partial charge in [-0.05, 0) is 57.7 Å². The fourth-order valence-electron chi connectivity index (χ4n) is 3.68. The summed E-state index contributed by atoms with van der Waals surface area (Å²) in [5, 5.41) is 3.03. The number of nitrogens with one attached hydrogen (secondary N) is 1. The summed E-state index contributed by atoms with van der Waals surface area (Å²) in [6.07, 6.45) is 2.53. The third kappa shape index (κ3) is 6.46. The molecule has 1 aromatic rings. The van der Waals surface area contributed by atoms with Crippen LogP contribution in [0.5, 0.6) is 0 Å². The van der Waals surface area contributed by atoms with Crippen molar-refractivity contribution in [2.24, 2.45) is 0 Å². The monoisotopic (exact) mass is 433 g/mol. The van der Waals surface area contributed by atoms with E-state index in [1.165, 1.54) is 26.3 Å². The molecule has 1 fully saturated rings. The molecule has 29 heavy (non-hydrogen) atoms. The van der Waals surface area contributed by atoms with Crippen LogP contribution in [0.1, 0.15) is 77.2 Å². The highest BCUT2D eigenvalue weighted by Crippen LogP contribution is 2.34. The maximum atomic E-state index is 12.9. The second-order valence-electron chi connectivity index (χ2n) is 8.40. The second kappa shape index (κ2) is 9.49. The Labute approximate surface area is 171 Å². The van der Waals surface area contributed by atoms with Gasteiger partial charge in [0.25, 0.3) is 0 Å². The minimum absolute atomic E-state index is 0.0181. The molecule has 8 heteroatoms. The van der Waals surface area contributed by atoms with Gasteiger partial charge in [-0.3, -0.25) is 4.79 Å². The predicted molar refractivity (Wildman–Crippen MR) is 106 cm³/mol. The summed E-state index contributed by atoms with van der Waals surface area (Å²) < 4.78 is 63.3. The van der Waals surface area contributed by atoms with Crippen LogP contribution in [0, 0.1) is 0 Å². The van der Waals surface area contributed by atoms with Crippen molar-refractivity contribution in [3.8, 4) is 0 Å². The molecular weight excluding hydrogens is 403 g/mol. The summed E-state index contributed by atoms with van der Waals surface area (Å²) in [4.78, 5) is 11.7. The zero-order valence-corrected chi connectivity index (χ0v) is 17.8. The highest BCUT2D eigenvalue weighted by molar-refractivity contribution is 7.92. The third-order valence-corrected chi connectivity index (χ3v) is 8.14. The van der Waals surface area contributed by atoms with E-state index in [2.05, 4.69) is 5.32 Å². The van der Waals surface area contributed by atoms with Gasteiger partial charge in [-0.25, -0.2) is 8.42 Å². The van der Waals surface area contributed by atoms with Gasteiger partial charge >= 0.3 is 6.18 Å². The molecule has 0 saturated heterocycles. The zero-order chi connectivity index (χ0) is 21.7. The Kier molecular flexibility index (Phi) is 7.76. The second-order valence-corrected chi connectivity index (χ2v) is 11.0. The number of hydrogen-bond donors (Lipinski definition) is 1. The molecule has 1 aromatic carbocycles.